The van der Waals surface area contributed by atoms with Crippen LogP contribution in [0.5, 0.6) is 5.75 Å². The van der Waals surface area contributed by atoms with Gasteiger partial charge in [-0.05, 0) is 61.2 Å². The molecule has 2 heterocycles. The normalized spacial score (nSPS) is 19.3. The van der Waals surface area contributed by atoms with Crippen LogP contribution in [-0.4, -0.2) is 59.0 Å². The zero-order valence-electron chi connectivity index (χ0n) is 17.7. The van der Waals surface area contributed by atoms with Gasteiger partial charge in [0, 0.05) is 35.8 Å². The number of hydrogen-bond acceptors (Lipinski definition) is 7. The molecule has 1 aromatic heterocycles. The number of rotatable bonds is 8. The number of ether oxygens (including phenoxy) is 1. The lowest BCUT2D eigenvalue weighted by Crippen LogP contribution is -2.47. The second kappa shape index (κ2) is 10.2. The van der Waals surface area contributed by atoms with Gasteiger partial charge >= 0.3 is 0 Å². The van der Waals surface area contributed by atoms with Crippen molar-refractivity contribution < 1.29 is 14.9 Å². The highest BCUT2D eigenvalue weighted by molar-refractivity contribution is 7.14. The maximum Gasteiger partial charge on any atom is 0.187 e. The van der Waals surface area contributed by atoms with Gasteiger partial charge in [0.15, 0.2) is 5.13 Å². The van der Waals surface area contributed by atoms with Gasteiger partial charge in [0.1, 0.15) is 5.75 Å². The number of anilines is 2. The lowest BCUT2D eigenvalue weighted by Gasteiger charge is -2.36. The van der Waals surface area contributed by atoms with Gasteiger partial charge in [-0.2, -0.15) is 0 Å². The monoisotopic (exact) mass is 439 g/mol. The Balaban J connectivity index is 1.32. The molecule has 0 amide bonds. The van der Waals surface area contributed by atoms with E-state index in [-0.39, 0.29) is 18.8 Å². The van der Waals surface area contributed by atoms with Crippen LogP contribution in [-0.2, 0) is 6.42 Å². The molecule has 1 aliphatic heterocycles. The molecule has 6 nitrogen and oxygen atoms in total. The molecular weight excluding hydrogens is 410 g/mol. The molecule has 3 aromatic rings. The average Bonchev–Trinajstić information content (AvgIpc) is 3.27. The summed E-state index contributed by atoms with van der Waals surface area (Å²) in [5.74, 6) is 0.835. The van der Waals surface area contributed by atoms with Crippen LogP contribution < -0.4 is 10.1 Å². The Morgan fingerprint density at radius 1 is 1.16 bits per heavy atom. The number of piperidine rings is 1. The summed E-state index contributed by atoms with van der Waals surface area (Å²) in [6.07, 6.45) is 2.08. The van der Waals surface area contributed by atoms with E-state index < -0.39 is 0 Å². The number of hydrogen-bond donors (Lipinski definition) is 3. The number of likely N-dealkylation sites (tertiary alicyclic amines) is 1. The molecular formula is C24H29N3O3S. The smallest absolute Gasteiger partial charge is 0.187 e. The molecule has 164 valence electrons. The summed E-state index contributed by atoms with van der Waals surface area (Å²) in [6.45, 7) is 1.83. The van der Waals surface area contributed by atoms with Crippen molar-refractivity contribution in [1.82, 2.24) is 9.88 Å². The van der Waals surface area contributed by atoms with Gasteiger partial charge in [0.2, 0.25) is 0 Å². The predicted molar refractivity (Wildman–Crippen MR) is 125 cm³/mol. The number of benzene rings is 2. The number of nitrogens with one attached hydrogen (secondary N) is 1. The first kappa shape index (κ1) is 21.8. The number of aliphatic hydroxyl groups excluding tert-OH is 2. The number of methoxy groups -OCH3 is 1. The molecule has 1 saturated heterocycles. The molecule has 2 atom stereocenters. The minimum absolute atomic E-state index is 0.0643. The van der Waals surface area contributed by atoms with E-state index in [2.05, 4.69) is 34.5 Å². The molecule has 1 aliphatic rings. The predicted octanol–water partition coefficient (Wildman–Crippen LogP) is 3.92. The van der Waals surface area contributed by atoms with Crippen molar-refractivity contribution in [2.24, 2.45) is 0 Å². The number of thiazole rings is 1. The summed E-state index contributed by atoms with van der Waals surface area (Å²) < 4.78 is 5.21. The van der Waals surface area contributed by atoms with Crippen molar-refractivity contribution in [3.63, 3.8) is 0 Å². The molecule has 31 heavy (non-hydrogen) atoms. The molecule has 7 heteroatoms. The van der Waals surface area contributed by atoms with Crippen molar-refractivity contribution in [3.05, 3.63) is 59.5 Å². The summed E-state index contributed by atoms with van der Waals surface area (Å²) >= 11 is 1.58. The van der Waals surface area contributed by atoms with Crippen LogP contribution in [0.4, 0.5) is 10.8 Å². The third-order valence-corrected chi connectivity index (χ3v) is 6.56. The second-order valence-corrected chi connectivity index (χ2v) is 8.75. The first-order valence-corrected chi connectivity index (χ1v) is 11.5. The van der Waals surface area contributed by atoms with Gasteiger partial charge in [-0.1, -0.05) is 12.1 Å². The van der Waals surface area contributed by atoms with E-state index in [0.29, 0.717) is 6.42 Å². The quantitative estimate of drug-likeness (QED) is 0.494. The van der Waals surface area contributed by atoms with Crippen LogP contribution in [0.2, 0.25) is 0 Å². The fourth-order valence-corrected chi connectivity index (χ4v) is 4.68. The lowest BCUT2D eigenvalue weighted by molar-refractivity contribution is 0.0177. The van der Waals surface area contributed by atoms with Crippen molar-refractivity contribution in [3.8, 4) is 17.0 Å². The van der Waals surface area contributed by atoms with Crippen molar-refractivity contribution in [2.75, 3.05) is 32.1 Å². The van der Waals surface area contributed by atoms with Gasteiger partial charge in [0.25, 0.3) is 0 Å². The molecule has 0 aliphatic carbocycles. The molecule has 0 spiro atoms. The van der Waals surface area contributed by atoms with Crippen molar-refractivity contribution in [2.45, 2.75) is 31.4 Å². The fourth-order valence-electron chi connectivity index (χ4n) is 3.94. The van der Waals surface area contributed by atoms with Crippen molar-refractivity contribution in [1.29, 1.82) is 0 Å². The first-order chi connectivity index (χ1) is 15.1. The zero-order valence-corrected chi connectivity index (χ0v) is 18.5. The molecule has 2 aromatic carbocycles. The minimum atomic E-state index is -0.283. The Bertz CT molecular complexity index is 959. The van der Waals surface area contributed by atoms with Crippen molar-refractivity contribution >= 4 is 22.2 Å². The van der Waals surface area contributed by atoms with E-state index in [1.54, 1.807) is 18.4 Å². The first-order valence-electron chi connectivity index (χ1n) is 10.6. The van der Waals surface area contributed by atoms with E-state index in [1.807, 2.05) is 29.6 Å². The zero-order chi connectivity index (χ0) is 21.6. The number of nitrogens with zero attached hydrogens (tertiary/aromatic N) is 2. The van der Waals surface area contributed by atoms with E-state index >= 15 is 0 Å². The van der Waals surface area contributed by atoms with Crippen LogP contribution in [0.15, 0.2) is 53.9 Å². The van der Waals surface area contributed by atoms with E-state index in [4.69, 9.17) is 9.72 Å². The fraction of sp³-hybridized carbons (Fsp3) is 0.375. The molecule has 0 radical (unpaired) electrons. The topological polar surface area (TPSA) is 77.9 Å². The molecule has 4 rings (SSSR count). The van der Waals surface area contributed by atoms with Crippen LogP contribution in [0.25, 0.3) is 11.3 Å². The molecule has 1 fully saturated rings. The molecule has 3 N–H and O–H groups in total. The van der Waals surface area contributed by atoms with Gasteiger partial charge in [-0.15, -0.1) is 11.3 Å². The Kier molecular flexibility index (Phi) is 7.19. The Hall–Kier alpha value is -2.45. The average molecular weight is 440 g/mol. The molecule has 0 saturated carbocycles. The Labute approximate surface area is 187 Å². The summed E-state index contributed by atoms with van der Waals surface area (Å²) in [6, 6.07) is 16.4. The third kappa shape index (κ3) is 5.62. The highest BCUT2D eigenvalue weighted by atomic mass is 32.1. The molecule has 0 bridgehead atoms. The van der Waals surface area contributed by atoms with Gasteiger partial charge in [0.05, 0.1) is 25.5 Å². The largest absolute Gasteiger partial charge is 0.497 e. The maximum atomic E-state index is 9.80. The van der Waals surface area contributed by atoms with Crippen LogP contribution in [0.1, 0.15) is 18.4 Å². The van der Waals surface area contributed by atoms with E-state index in [9.17, 15) is 10.2 Å². The minimum Gasteiger partial charge on any atom is -0.497 e. The summed E-state index contributed by atoms with van der Waals surface area (Å²) in [5, 5.41) is 25.7. The summed E-state index contributed by atoms with van der Waals surface area (Å²) in [7, 11) is 1.66. The number of aromatic nitrogens is 1. The summed E-state index contributed by atoms with van der Waals surface area (Å²) in [5.41, 5.74) is 4.27. The number of aliphatic hydroxyl groups is 2. The lowest BCUT2D eigenvalue weighted by atomic mass is 9.99. The second-order valence-electron chi connectivity index (χ2n) is 7.89. The Morgan fingerprint density at radius 3 is 2.65 bits per heavy atom. The Morgan fingerprint density at radius 2 is 1.94 bits per heavy atom. The van der Waals surface area contributed by atoms with Crippen LogP contribution in [0, 0.1) is 0 Å². The van der Waals surface area contributed by atoms with Crippen LogP contribution >= 0.6 is 11.3 Å². The standard InChI is InChI=1S/C24H29N3O3S/c1-30-22-8-4-18(5-9-22)23-16-31-24(26-23)25-19-6-2-17(3-7-19)10-12-27-13-11-21(29)14-20(27)15-28/h2-9,16,20-21,28-29H,10-15H2,1H3,(H,25,26)/t20-,21+/m1/s1. The van der Waals surface area contributed by atoms with Gasteiger partial charge in [-0.3, -0.25) is 4.90 Å². The molecule has 0 unspecified atom stereocenters. The third-order valence-electron chi connectivity index (χ3n) is 5.80. The highest BCUT2D eigenvalue weighted by Gasteiger charge is 2.26. The maximum absolute atomic E-state index is 9.80. The van der Waals surface area contributed by atoms with E-state index in [0.717, 1.165) is 53.8 Å². The highest BCUT2D eigenvalue weighted by Crippen LogP contribution is 2.28. The van der Waals surface area contributed by atoms with E-state index in [1.165, 1.54) is 5.56 Å². The summed E-state index contributed by atoms with van der Waals surface area (Å²) in [4.78, 5) is 6.98. The van der Waals surface area contributed by atoms with Gasteiger partial charge in [-0.25, -0.2) is 4.98 Å². The van der Waals surface area contributed by atoms with Gasteiger partial charge < -0.3 is 20.3 Å². The SMILES string of the molecule is COc1ccc(-c2csc(Nc3ccc(CCN4CC[C@H](O)C[C@@H]4CO)cc3)n2)cc1. The van der Waals surface area contributed by atoms with Crippen LogP contribution in [0.3, 0.4) is 0 Å².